The molecule has 0 aromatic carbocycles. The van der Waals surface area contributed by atoms with Crippen LogP contribution in [-0.2, 0) is 9.53 Å². The van der Waals surface area contributed by atoms with Gasteiger partial charge in [0, 0.05) is 31.5 Å². The molecule has 2 N–H and O–H groups in total. The van der Waals surface area contributed by atoms with Gasteiger partial charge in [-0.1, -0.05) is 25.7 Å². The van der Waals surface area contributed by atoms with Crippen molar-refractivity contribution in [2.45, 2.75) is 89.1 Å². The second-order valence-electron chi connectivity index (χ2n) is 9.06. The minimum absolute atomic E-state index is 0.249. The third-order valence-corrected chi connectivity index (χ3v) is 7.38. The summed E-state index contributed by atoms with van der Waals surface area (Å²) in [5.74, 6) is 1.63. The third-order valence-electron chi connectivity index (χ3n) is 7.38. The van der Waals surface area contributed by atoms with Gasteiger partial charge in [-0.2, -0.15) is 0 Å². The lowest BCUT2D eigenvalue weighted by atomic mass is 9.73. The Kier molecular flexibility index (Phi) is 8.18. The first-order chi connectivity index (χ1) is 13.1. The highest BCUT2D eigenvalue weighted by Crippen LogP contribution is 2.43. The first-order valence-electron chi connectivity index (χ1n) is 11.3. The molecule has 0 radical (unpaired) electrons. The molecule has 5 nitrogen and oxygen atoms in total. The summed E-state index contributed by atoms with van der Waals surface area (Å²) in [6, 6.07) is 0.603. The van der Waals surface area contributed by atoms with Gasteiger partial charge in [0.25, 0.3) is 0 Å². The highest BCUT2D eigenvalue weighted by molar-refractivity contribution is 6.40. The van der Waals surface area contributed by atoms with Crippen LogP contribution in [0.5, 0.6) is 0 Å². The number of hydrogen-bond acceptors (Lipinski definition) is 5. The first kappa shape index (κ1) is 21.3. The van der Waals surface area contributed by atoms with Crippen LogP contribution in [0.3, 0.4) is 0 Å². The third kappa shape index (κ3) is 5.56. The van der Waals surface area contributed by atoms with Crippen molar-refractivity contribution in [1.82, 2.24) is 4.90 Å². The molecule has 2 saturated carbocycles. The quantitative estimate of drug-likeness (QED) is 0.476. The average molecular weight is 379 g/mol. The monoisotopic (exact) mass is 379 g/mol. The van der Waals surface area contributed by atoms with Gasteiger partial charge in [-0.3, -0.25) is 9.69 Å². The fourth-order valence-electron chi connectivity index (χ4n) is 5.85. The van der Waals surface area contributed by atoms with Crippen LogP contribution in [0.2, 0.25) is 6.32 Å². The zero-order chi connectivity index (χ0) is 19.2. The molecule has 2 aliphatic carbocycles. The van der Waals surface area contributed by atoms with E-state index in [0.29, 0.717) is 30.2 Å². The number of hydrogen-bond donors (Lipinski definition) is 2. The smallest absolute Gasteiger partial charge is 0.427 e. The Morgan fingerprint density at radius 3 is 2.48 bits per heavy atom. The van der Waals surface area contributed by atoms with E-state index in [1.165, 1.54) is 25.7 Å². The fourth-order valence-corrected chi connectivity index (χ4v) is 5.85. The molecule has 1 aliphatic heterocycles. The van der Waals surface area contributed by atoms with Gasteiger partial charge in [-0.15, -0.1) is 0 Å². The average Bonchev–Trinajstić information content (AvgIpc) is 3.06. The van der Waals surface area contributed by atoms with E-state index in [1.807, 2.05) is 0 Å². The number of methoxy groups -OCH3 is 1. The van der Waals surface area contributed by atoms with Crippen LogP contribution in [0.15, 0.2) is 0 Å². The van der Waals surface area contributed by atoms with E-state index in [1.54, 1.807) is 7.11 Å². The normalized spacial score (nSPS) is 34.4. The van der Waals surface area contributed by atoms with Gasteiger partial charge in [0.1, 0.15) is 5.78 Å². The molecule has 0 aromatic heterocycles. The highest BCUT2D eigenvalue weighted by Gasteiger charge is 2.46. The molecule has 0 spiro atoms. The summed E-state index contributed by atoms with van der Waals surface area (Å²) in [7, 11) is 0.616. The number of fused-ring (bicyclic) bond motifs is 1. The first-order valence-corrected chi connectivity index (χ1v) is 11.3. The molecule has 6 heteroatoms. The van der Waals surface area contributed by atoms with Crippen LogP contribution in [0.4, 0.5) is 0 Å². The molecule has 0 aromatic rings. The minimum atomic E-state index is -1.17. The molecule has 27 heavy (non-hydrogen) atoms. The second kappa shape index (κ2) is 10.4. The van der Waals surface area contributed by atoms with Gasteiger partial charge in [-0.25, -0.2) is 0 Å². The molecule has 3 aliphatic rings. The number of carbonyl (C=O) groups is 1. The molecule has 3 atom stereocenters. The zero-order valence-electron chi connectivity index (χ0n) is 17.0. The van der Waals surface area contributed by atoms with Crippen LogP contribution in [-0.4, -0.2) is 60.2 Å². The van der Waals surface area contributed by atoms with Crippen LogP contribution in [0.1, 0.15) is 70.6 Å². The minimum Gasteiger partial charge on any atom is -0.427 e. The molecule has 154 valence electrons. The largest absolute Gasteiger partial charge is 0.451 e. The molecular weight excluding hydrogens is 341 g/mol. The highest BCUT2D eigenvalue weighted by atomic mass is 16.5. The predicted octanol–water partition coefficient (Wildman–Crippen LogP) is 2.89. The Bertz CT molecular complexity index is 467. The Labute approximate surface area is 165 Å². The molecule has 3 fully saturated rings. The summed E-state index contributed by atoms with van der Waals surface area (Å²) in [5, 5.41) is 17.9. The number of ketones is 1. The number of nitrogens with zero attached hydrogens (tertiary/aromatic N) is 1. The van der Waals surface area contributed by atoms with Crippen LogP contribution in [0.25, 0.3) is 0 Å². The number of Topliss-reactive ketones (excluding diaryl/α,β-unsaturated/α-hetero) is 1. The Morgan fingerprint density at radius 2 is 1.78 bits per heavy atom. The van der Waals surface area contributed by atoms with Crippen molar-refractivity contribution in [2.75, 3.05) is 20.2 Å². The number of carbonyl (C=O) groups excluding carboxylic acids is 1. The maximum absolute atomic E-state index is 13.3. The summed E-state index contributed by atoms with van der Waals surface area (Å²) in [6.07, 6.45) is 13.0. The number of unbranched alkanes of at least 4 members (excludes halogenated alkanes) is 2. The van der Waals surface area contributed by atoms with Gasteiger partial charge < -0.3 is 14.8 Å². The van der Waals surface area contributed by atoms with Crippen molar-refractivity contribution < 1.29 is 19.6 Å². The fraction of sp³-hybridized carbons (Fsp3) is 0.952. The lowest BCUT2D eigenvalue weighted by molar-refractivity contribution is -0.129. The van der Waals surface area contributed by atoms with Crippen molar-refractivity contribution in [1.29, 1.82) is 0 Å². The summed E-state index contributed by atoms with van der Waals surface area (Å²) < 4.78 is 5.48. The number of ether oxygens (including phenoxy) is 1. The summed E-state index contributed by atoms with van der Waals surface area (Å²) >= 11 is 0. The predicted molar refractivity (Wildman–Crippen MR) is 107 cm³/mol. The van der Waals surface area contributed by atoms with E-state index >= 15 is 0 Å². The second-order valence-corrected chi connectivity index (χ2v) is 9.06. The van der Waals surface area contributed by atoms with Crippen molar-refractivity contribution in [2.24, 2.45) is 17.8 Å². The van der Waals surface area contributed by atoms with Crippen molar-refractivity contribution in [3.8, 4) is 0 Å². The van der Waals surface area contributed by atoms with E-state index < -0.39 is 7.12 Å². The van der Waals surface area contributed by atoms with Crippen molar-refractivity contribution in [3.05, 3.63) is 0 Å². The topological polar surface area (TPSA) is 70.0 Å². The Balaban J connectivity index is 1.52. The van der Waals surface area contributed by atoms with Gasteiger partial charge in [-0.05, 0) is 63.7 Å². The van der Waals surface area contributed by atoms with Crippen molar-refractivity contribution >= 4 is 12.9 Å². The maximum atomic E-state index is 13.3. The van der Waals surface area contributed by atoms with Gasteiger partial charge in [0.15, 0.2) is 0 Å². The van der Waals surface area contributed by atoms with Gasteiger partial charge in [0.2, 0.25) is 0 Å². The van der Waals surface area contributed by atoms with Crippen molar-refractivity contribution in [3.63, 3.8) is 0 Å². The molecule has 1 heterocycles. The summed E-state index contributed by atoms with van der Waals surface area (Å²) in [4.78, 5) is 15.9. The molecule has 3 rings (SSSR count). The molecule has 3 unspecified atom stereocenters. The standard InChI is InChI=1S/C21H38BNO4/c1-27-17-11-9-16(10-12-17)21(24)19-15-23(14-6-2-5-13-22(25)26)20-8-4-3-7-18(19)20/h16-20,25-26H,2-15H2,1H3. The van der Waals surface area contributed by atoms with E-state index in [4.69, 9.17) is 14.8 Å². The molecule has 0 bridgehead atoms. The summed E-state index contributed by atoms with van der Waals surface area (Å²) in [5.41, 5.74) is 0. The summed E-state index contributed by atoms with van der Waals surface area (Å²) in [6.45, 7) is 2.02. The van der Waals surface area contributed by atoms with E-state index in [0.717, 1.165) is 58.0 Å². The maximum Gasteiger partial charge on any atom is 0.451 e. The SMILES string of the molecule is COC1CCC(C(=O)C2CN(CCCCCB(O)O)C3CCCCC23)CC1. The van der Waals surface area contributed by atoms with Crippen LogP contribution >= 0.6 is 0 Å². The van der Waals surface area contributed by atoms with Crippen LogP contribution in [0, 0.1) is 17.8 Å². The van der Waals surface area contributed by atoms with Crippen LogP contribution < -0.4 is 0 Å². The Hall–Kier alpha value is -0.425. The molecule has 0 amide bonds. The zero-order valence-corrected chi connectivity index (χ0v) is 17.0. The van der Waals surface area contributed by atoms with E-state index in [2.05, 4.69) is 4.90 Å². The lowest BCUT2D eigenvalue weighted by Crippen LogP contribution is -2.36. The van der Waals surface area contributed by atoms with Gasteiger partial charge >= 0.3 is 7.12 Å². The lowest BCUT2D eigenvalue weighted by Gasteiger charge is -2.33. The number of rotatable bonds is 9. The number of likely N-dealkylation sites (tertiary alicyclic amines) is 1. The van der Waals surface area contributed by atoms with Gasteiger partial charge in [0.05, 0.1) is 6.10 Å². The Morgan fingerprint density at radius 1 is 1.04 bits per heavy atom. The van der Waals surface area contributed by atoms with E-state index in [-0.39, 0.29) is 11.8 Å². The van der Waals surface area contributed by atoms with E-state index in [9.17, 15) is 4.79 Å². The molecular formula is C21H38BNO4. The molecule has 1 saturated heterocycles.